The van der Waals surface area contributed by atoms with E-state index in [1.165, 1.54) is 21.5 Å². The van der Waals surface area contributed by atoms with Crippen molar-refractivity contribution in [2.75, 3.05) is 0 Å². The third-order valence-electron chi connectivity index (χ3n) is 2.65. The Kier molecular flexibility index (Phi) is 2.94. The normalized spacial score (nSPS) is 10.1. The second kappa shape index (κ2) is 4.21. The van der Waals surface area contributed by atoms with E-state index in [1.807, 2.05) is 0 Å². The second-order valence-electron chi connectivity index (χ2n) is 3.51. The minimum absolute atomic E-state index is 0. The van der Waals surface area contributed by atoms with Crippen LogP contribution in [0.1, 0.15) is 0 Å². The number of benzene rings is 3. The summed E-state index contributed by atoms with van der Waals surface area (Å²) in [6.07, 6.45) is 0. The lowest BCUT2D eigenvalue weighted by Crippen LogP contribution is -1.75. The first-order chi connectivity index (χ1) is 6.95. The van der Waals surface area contributed by atoms with E-state index < -0.39 is 0 Å². The molecule has 68 valence electrons. The number of rotatable bonds is 0. The fourth-order valence-electron chi connectivity index (χ4n) is 1.95. The summed E-state index contributed by atoms with van der Waals surface area (Å²) < 4.78 is 0. The Bertz CT molecular complexity index is 544. The molecule has 0 aliphatic carbocycles. The summed E-state index contributed by atoms with van der Waals surface area (Å²) in [6, 6.07) is 21.4. The molecule has 0 fully saturated rings. The van der Waals surface area contributed by atoms with Crippen LogP contribution < -0.4 is 0 Å². The van der Waals surface area contributed by atoms with Crippen molar-refractivity contribution in [3.8, 4) is 0 Å². The van der Waals surface area contributed by atoms with Gasteiger partial charge in [0.1, 0.15) is 0 Å². The lowest BCUT2D eigenvalue weighted by Gasteiger charge is -2.02. The van der Waals surface area contributed by atoms with Gasteiger partial charge in [-0.05, 0) is 21.5 Å². The van der Waals surface area contributed by atoms with Crippen LogP contribution in [0.3, 0.4) is 0 Å². The Labute approximate surface area is 105 Å². The monoisotopic (exact) mass is 202 g/mol. The number of hydrogen-bond acceptors (Lipinski definition) is 0. The van der Waals surface area contributed by atoms with Crippen LogP contribution in [0.25, 0.3) is 21.5 Å². The topological polar surface area (TPSA) is 0 Å². The molecule has 3 rings (SSSR count). The zero-order chi connectivity index (χ0) is 9.38. The molecule has 0 N–H and O–H groups in total. The van der Waals surface area contributed by atoms with Crippen LogP contribution in [0.2, 0.25) is 0 Å². The van der Waals surface area contributed by atoms with Gasteiger partial charge in [-0.2, -0.15) is 0 Å². The highest BCUT2D eigenvalue weighted by molar-refractivity contribution is 6.07. The first-order valence-corrected chi connectivity index (χ1v) is 4.82. The molecule has 1 heteroatoms. The van der Waals surface area contributed by atoms with E-state index >= 15 is 0 Å². The molecule has 0 saturated carbocycles. The summed E-state index contributed by atoms with van der Waals surface area (Å²) in [5.41, 5.74) is 0. The van der Waals surface area contributed by atoms with Crippen molar-refractivity contribution >= 4 is 44.6 Å². The average molecular weight is 203 g/mol. The lowest BCUT2D eigenvalue weighted by atomic mass is 10.0. The van der Waals surface area contributed by atoms with Crippen LogP contribution in [0.4, 0.5) is 0 Å². The highest BCUT2D eigenvalue weighted by atomic mass is 24.3. The Morgan fingerprint density at radius 1 is 0.467 bits per heavy atom. The molecule has 0 heterocycles. The maximum Gasteiger partial charge on any atom is 0 e. The van der Waals surface area contributed by atoms with Crippen molar-refractivity contribution in [3.05, 3.63) is 60.7 Å². The molecule has 15 heavy (non-hydrogen) atoms. The zero-order valence-corrected chi connectivity index (χ0v) is 9.89. The molecular weight excluding hydrogens is 192 g/mol. The van der Waals surface area contributed by atoms with Gasteiger partial charge in [0.2, 0.25) is 0 Å². The minimum atomic E-state index is 0. The Hall–Kier alpha value is -1.05. The molecule has 0 aliphatic heterocycles. The minimum Gasteiger partial charge on any atom is -0.0616 e. The van der Waals surface area contributed by atoms with E-state index in [9.17, 15) is 0 Å². The number of fused-ring (bicyclic) bond motifs is 3. The van der Waals surface area contributed by atoms with E-state index in [1.54, 1.807) is 0 Å². The molecule has 0 bridgehead atoms. The maximum atomic E-state index is 2.18. The molecule has 0 saturated heterocycles. The molecule has 0 nitrogen and oxygen atoms in total. The van der Waals surface area contributed by atoms with E-state index in [2.05, 4.69) is 60.7 Å². The van der Waals surface area contributed by atoms with Crippen LogP contribution in [0.5, 0.6) is 0 Å². The van der Waals surface area contributed by atoms with Gasteiger partial charge in [-0.1, -0.05) is 60.7 Å². The Morgan fingerprint density at radius 3 is 1.33 bits per heavy atom. The summed E-state index contributed by atoms with van der Waals surface area (Å²) >= 11 is 0. The molecule has 0 unspecified atom stereocenters. The van der Waals surface area contributed by atoms with Gasteiger partial charge in [-0.3, -0.25) is 0 Å². The molecular formula is C14H10Mg. The Morgan fingerprint density at radius 2 is 0.867 bits per heavy atom. The molecule has 3 aromatic rings. The average Bonchev–Trinajstić information content (AvgIpc) is 2.29. The maximum absolute atomic E-state index is 2.18. The van der Waals surface area contributed by atoms with Crippen LogP contribution in [0, 0.1) is 0 Å². The van der Waals surface area contributed by atoms with Crippen LogP contribution in [0.15, 0.2) is 60.7 Å². The van der Waals surface area contributed by atoms with Crippen molar-refractivity contribution in [1.29, 1.82) is 0 Å². The standard InChI is InChI=1S/C14H10.Mg/c1-3-7-13-11(5-1)9-10-12-6-2-4-8-14(12)13;/h1-10H;. The van der Waals surface area contributed by atoms with Crippen molar-refractivity contribution in [2.45, 2.75) is 0 Å². The Balaban J connectivity index is 0.000000853. The van der Waals surface area contributed by atoms with Gasteiger partial charge in [-0.25, -0.2) is 0 Å². The molecule has 0 spiro atoms. The lowest BCUT2D eigenvalue weighted by molar-refractivity contribution is 1.76. The molecule has 0 amide bonds. The van der Waals surface area contributed by atoms with Crippen LogP contribution in [-0.4, -0.2) is 23.1 Å². The SMILES string of the molecule is [Mg].c1ccc2c(c1)ccc1ccccc12. The molecule has 3 aromatic carbocycles. The zero-order valence-electron chi connectivity index (χ0n) is 8.48. The van der Waals surface area contributed by atoms with E-state index in [-0.39, 0.29) is 23.1 Å². The third-order valence-corrected chi connectivity index (χ3v) is 2.65. The van der Waals surface area contributed by atoms with Gasteiger partial charge in [-0.15, -0.1) is 0 Å². The third kappa shape index (κ3) is 1.73. The quantitative estimate of drug-likeness (QED) is 0.386. The summed E-state index contributed by atoms with van der Waals surface area (Å²) in [5.74, 6) is 0. The smallest absolute Gasteiger partial charge is 0 e. The van der Waals surface area contributed by atoms with E-state index in [0.29, 0.717) is 0 Å². The van der Waals surface area contributed by atoms with Gasteiger partial charge in [0.25, 0.3) is 0 Å². The second-order valence-corrected chi connectivity index (χ2v) is 3.51. The largest absolute Gasteiger partial charge is 0.0616 e. The fourth-order valence-corrected chi connectivity index (χ4v) is 1.95. The summed E-state index contributed by atoms with van der Waals surface area (Å²) in [6.45, 7) is 0. The van der Waals surface area contributed by atoms with Gasteiger partial charge in [0.15, 0.2) is 0 Å². The van der Waals surface area contributed by atoms with Gasteiger partial charge < -0.3 is 0 Å². The molecule has 0 aromatic heterocycles. The molecule has 0 aliphatic rings. The van der Waals surface area contributed by atoms with Crippen LogP contribution in [-0.2, 0) is 0 Å². The predicted octanol–water partition coefficient (Wildman–Crippen LogP) is 3.61. The summed E-state index contributed by atoms with van der Waals surface area (Å²) in [4.78, 5) is 0. The van der Waals surface area contributed by atoms with E-state index in [4.69, 9.17) is 0 Å². The van der Waals surface area contributed by atoms with Gasteiger partial charge in [0, 0.05) is 23.1 Å². The first kappa shape index (κ1) is 10.5. The van der Waals surface area contributed by atoms with Crippen molar-refractivity contribution in [2.24, 2.45) is 0 Å². The summed E-state index contributed by atoms with van der Waals surface area (Å²) in [5, 5.41) is 5.30. The summed E-state index contributed by atoms with van der Waals surface area (Å²) in [7, 11) is 0. The molecule has 0 atom stereocenters. The van der Waals surface area contributed by atoms with E-state index in [0.717, 1.165) is 0 Å². The van der Waals surface area contributed by atoms with Gasteiger partial charge >= 0.3 is 0 Å². The van der Waals surface area contributed by atoms with Crippen LogP contribution >= 0.6 is 0 Å². The predicted molar refractivity (Wildman–Crippen MR) is 67.2 cm³/mol. The van der Waals surface area contributed by atoms with Crippen molar-refractivity contribution in [3.63, 3.8) is 0 Å². The highest BCUT2D eigenvalue weighted by Gasteiger charge is 1.97. The van der Waals surface area contributed by atoms with Gasteiger partial charge in [0.05, 0.1) is 0 Å². The fraction of sp³-hybridized carbons (Fsp3) is 0. The molecule has 2 radical (unpaired) electrons. The highest BCUT2D eigenvalue weighted by Crippen LogP contribution is 2.24. The van der Waals surface area contributed by atoms with Crippen molar-refractivity contribution in [1.82, 2.24) is 0 Å². The van der Waals surface area contributed by atoms with Crippen molar-refractivity contribution < 1.29 is 0 Å². The number of hydrogen-bond donors (Lipinski definition) is 0. The first-order valence-electron chi connectivity index (χ1n) is 4.82.